The van der Waals surface area contributed by atoms with Crippen LogP contribution in [0, 0.1) is 0 Å². The van der Waals surface area contributed by atoms with Gasteiger partial charge in [-0.05, 0) is 0 Å². The summed E-state index contributed by atoms with van der Waals surface area (Å²) in [4.78, 5) is 9.55. The Morgan fingerprint density at radius 1 is 1.78 bits per heavy atom. The van der Waals surface area contributed by atoms with E-state index in [0.717, 1.165) is 0 Å². The fraction of sp³-hybridized carbons (Fsp3) is 0.667. The molecule has 0 fully saturated rings. The van der Waals surface area contributed by atoms with E-state index in [1.165, 1.54) is 0 Å². The van der Waals surface area contributed by atoms with Crippen LogP contribution < -0.4 is 56.5 Å². The zero-order valence-electron chi connectivity index (χ0n) is 4.90. The average Bonchev–Trinajstić information content (AvgIpc) is 1.65. The molecule has 0 radical (unpaired) electrons. The van der Waals surface area contributed by atoms with Crippen LogP contribution in [-0.2, 0) is 4.74 Å². The largest absolute Gasteiger partial charge is 1.00 e. The molecule has 0 rings (SSSR count). The van der Waals surface area contributed by atoms with E-state index in [4.69, 9.17) is 0 Å². The summed E-state index contributed by atoms with van der Waals surface area (Å²) in [6, 6.07) is 0. The molecule has 0 amide bonds. The summed E-state index contributed by atoms with van der Waals surface area (Å²) in [6.07, 6.45) is -1.57. The molecule has 1 atom stereocenters. The zero-order chi connectivity index (χ0) is 6.57. The van der Waals surface area contributed by atoms with Crippen molar-refractivity contribution in [3.63, 3.8) is 0 Å². The SMILES string of the molecule is O=C([O-])OC(S)CS.[K+]. The summed E-state index contributed by atoms with van der Waals surface area (Å²) >= 11 is 7.35. The van der Waals surface area contributed by atoms with E-state index in [2.05, 4.69) is 30.0 Å². The number of ether oxygens (including phenoxy) is 1. The minimum Gasteiger partial charge on any atom is -0.535 e. The number of rotatable bonds is 2. The van der Waals surface area contributed by atoms with Gasteiger partial charge >= 0.3 is 51.4 Å². The summed E-state index contributed by atoms with van der Waals surface area (Å²) in [5.41, 5.74) is -0.677. The van der Waals surface area contributed by atoms with Gasteiger partial charge in [-0.25, -0.2) is 0 Å². The van der Waals surface area contributed by atoms with Gasteiger partial charge in [-0.2, -0.15) is 25.3 Å². The Kier molecular flexibility index (Phi) is 11.3. The first-order chi connectivity index (χ1) is 3.66. The van der Waals surface area contributed by atoms with E-state index < -0.39 is 11.6 Å². The van der Waals surface area contributed by atoms with Crippen molar-refractivity contribution in [1.29, 1.82) is 0 Å². The number of thiol groups is 2. The van der Waals surface area contributed by atoms with Crippen molar-refractivity contribution in [3.05, 3.63) is 0 Å². The van der Waals surface area contributed by atoms with E-state index in [1.54, 1.807) is 0 Å². The van der Waals surface area contributed by atoms with Gasteiger partial charge in [0, 0.05) is 5.75 Å². The second-order valence-corrected chi connectivity index (χ2v) is 1.95. The maximum absolute atomic E-state index is 9.55. The molecule has 0 aliphatic rings. The van der Waals surface area contributed by atoms with Crippen LogP contribution in [0.15, 0.2) is 0 Å². The molecule has 0 spiro atoms. The van der Waals surface area contributed by atoms with Crippen molar-refractivity contribution in [2.75, 3.05) is 5.75 Å². The zero-order valence-corrected chi connectivity index (χ0v) is 9.82. The predicted molar refractivity (Wildman–Crippen MR) is 33.1 cm³/mol. The van der Waals surface area contributed by atoms with E-state index in [9.17, 15) is 9.90 Å². The smallest absolute Gasteiger partial charge is 0.535 e. The second kappa shape index (κ2) is 7.71. The number of carbonyl (C=O) groups excluding carboxylic acids is 1. The van der Waals surface area contributed by atoms with E-state index in [-0.39, 0.29) is 57.1 Å². The Balaban J connectivity index is 0. The Labute approximate surface area is 107 Å². The fourth-order valence-electron chi connectivity index (χ4n) is 0.148. The van der Waals surface area contributed by atoms with Crippen LogP contribution in [0.3, 0.4) is 0 Å². The van der Waals surface area contributed by atoms with E-state index >= 15 is 0 Å². The van der Waals surface area contributed by atoms with Gasteiger partial charge in [-0.15, -0.1) is 0 Å². The van der Waals surface area contributed by atoms with Crippen LogP contribution in [0.4, 0.5) is 4.79 Å². The molecule has 48 valence electrons. The monoisotopic (exact) mass is 192 g/mol. The van der Waals surface area contributed by atoms with E-state index in [0.29, 0.717) is 0 Å². The molecule has 0 saturated heterocycles. The first kappa shape index (κ1) is 13.2. The van der Waals surface area contributed by atoms with Gasteiger partial charge in [0.05, 0.1) is 5.44 Å². The fourth-order valence-corrected chi connectivity index (χ4v) is 0.309. The summed E-state index contributed by atoms with van der Waals surface area (Å²) in [5, 5.41) is 9.55. The molecule has 0 saturated carbocycles. The number of carboxylic acid groups (broad SMARTS) is 1. The van der Waals surface area contributed by atoms with E-state index in [1.807, 2.05) is 0 Å². The topological polar surface area (TPSA) is 49.4 Å². The molecule has 3 nitrogen and oxygen atoms in total. The van der Waals surface area contributed by atoms with Crippen LogP contribution in [0.5, 0.6) is 0 Å². The van der Waals surface area contributed by atoms with Crippen LogP contribution >= 0.6 is 25.3 Å². The molecule has 9 heavy (non-hydrogen) atoms. The third-order valence-electron chi connectivity index (χ3n) is 0.388. The van der Waals surface area contributed by atoms with Crippen molar-refractivity contribution in [1.82, 2.24) is 0 Å². The van der Waals surface area contributed by atoms with Gasteiger partial charge in [0.15, 0.2) is 0 Å². The molecule has 0 N–H and O–H groups in total. The predicted octanol–water partition coefficient (Wildman–Crippen LogP) is -3.46. The molecule has 0 aliphatic carbocycles. The van der Waals surface area contributed by atoms with Gasteiger partial charge in [0.2, 0.25) is 0 Å². The standard InChI is InChI=1S/C3H6O3S2.K/c4-3(5)6-2(8)1-7;/h2,7-8H,1H2,(H,4,5);/q;+1/p-1. The molecule has 1 unspecified atom stereocenters. The maximum atomic E-state index is 9.55. The molecule has 6 heteroatoms. The number of hydrogen-bond acceptors (Lipinski definition) is 5. The quantitative estimate of drug-likeness (QED) is 0.207. The Morgan fingerprint density at radius 2 is 2.22 bits per heavy atom. The normalized spacial score (nSPS) is 11.3. The maximum Gasteiger partial charge on any atom is 1.00 e. The van der Waals surface area contributed by atoms with Crippen LogP contribution in [-0.4, -0.2) is 17.3 Å². The Bertz CT molecular complexity index is 89.1. The van der Waals surface area contributed by atoms with Crippen molar-refractivity contribution >= 4 is 31.4 Å². The van der Waals surface area contributed by atoms with Crippen molar-refractivity contribution in [3.8, 4) is 0 Å². The molecular formula is C3H5KO3S2. The summed E-state index contributed by atoms with van der Waals surface area (Å²) in [5.74, 6) is 0.247. The Morgan fingerprint density at radius 3 is 2.33 bits per heavy atom. The first-order valence-corrected chi connectivity index (χ1v) is 2.98. The third-order valence-corrected chi connectivity index (χ3v) is 1.30. The van der Waals surface area contributed by atoms with Gasteiger partial charge in [0.25, 0.3) is 6.16 Å². The van der Waals surface area contributed by atoms with Crippen LogP contribution in [0.2, 0.25) is 0 Å². The van der Waals surface area contributed by atoms with Crippen molar-refractivity contribution < 1.29 is 66.0 Å². The molecule has 0 aromatic rings. The molecule has 0 aromatic carbocycles. The first-order valence-electron chi connectivity index (χ1n) is 1.83. The average molecular weight is 192 g/mol. The number of hydrogen-bond donors (Lipinski definition) is 2. The van der Waals surface area contributed by atoms with Crippen molar-refractivity contribution in [2.45, 2.75) is 5.44 Å². The summed E-state index contributed by atoms with van der Waals surface area (Å²) in [6.45, 7) is 0. The molecule has 0 aliphatic heterocycles. The minimum atomic E-state index is -1.57. The van der Waals surface area contributed by atoms with Gasteiger partial charge in [-0.1, -0.05) is 0 Å². The van der Waals surface area contributed by atoms with Gasteiger partial charge in [-0.3, -0.25) is 0 Å². The molecule has 0 heterocycles. The summed E-state index contributed by atoms with van der Waals surface area (Å²) < 4.78 is 3.99. The molecular weight excluding hydrogens is 187 g/mol. The molecule has 0 aromatic heterocycles. The summed E-state index contributed by atoms with van der Waals surface area (Å²) in [7, 11) is 0. The number of carbonyl (C=O) groups is 1. The Hall–Kier alpha value is 1.61. The minimum absolute atomic E-state index is 0. The second-order valence-electron chi connectivity index (χ2n) is 1.01. The van der Waals surface area contributed by atoms with Gasteiger partial charge in [0.1, 0.15) is 0 Å². The van der Waals surface area contributed by atoms with Crippen molar-refractivity contribution in [2.24, 2.45) is 0 Å². The molecule has 0 bridgehead atoms. The van der Waals surface area contributed by atoms with Crippen LogP contribution in [0.1, 0.15) is 0 Å². The van der Waals surface area contributed by atoms with Gasteiger partial charge < -0.3 is 14.6 Å². The third kappa shape index (κ3) is 9.61. The van der Waals surface area contributed by atoms with Crippen LogP contribution in [0.25, 0.3) is 0 Å².